The van der Waals surface area contributed by atoms with Gasteiger partial charge in [-0.05, 0) is 33.9 Å². The lowest BCUT2D eigenvalue weighted by atomic mass is 9.85. The van der Waals surface area contributed by atoms with Crippen molar-refractivity contribution in [3.8, 4) is 0 Å². The Morgan fingerprint density at radius 3 is 2.61 bits per heavy atom. The van der Waals surface area contributed by atoms with Gasteiger partial charge in [0.15, 0.2) is 0 Å². The van der Waals surface area contributed by atoms with Gasteiger partial charge in [-0.25, -0.2) is 0 Å². The minimum Gasteiger partial charge on any atom is -0.396 e. The van der Waals surface area contributed by atoms with Crippen LogP contribution in [0, 0.1) is 5.92 Å². The molecule has 0 saturated heterocycles. The highest BCUT2D eigenvalue weighted by Crippen LogP contribution is 2.56. The summed E-state index contributed by atoms with van der Waals surface area (Å²) >= 11 is 4.48. The van der Waals surface area contributed by atoms with Crippen LogP contribution in [0.5, 0.6) is 0 Å². The van der Waals surface area contributed by atoms with E-state index in [9.17, 15) is 5.11 Å². The molecule has 0 spiro atoms. The topological polar surface area (TPSA) is 32.6 Å². The largest absolute Gasteiger partial charge is 0.396 e. The van der Waals surface area contributed by atoms with Crippen LogP contribution in [-0.2, 0) is 0 Å². The van der Waals surface area contributed by atoms with E-state index in [1.165, 1.54) is 21.9 Å². The summed E-state index contributed by atoms with van der Waals surface area (Å²) in [5.74, 6) is 0.995. The van der Waals surface area contributed by atoms with Crippen molar-refractivity contribution < 1.29 is 5.11 Å². The van der Waals surface area contributed by atoms with Crippen molar-refractivity contribution in [2.75, 3.05) is 6.61 Å². The van der Waals surface area contributed by atoms with E-state index in [4.69, 9.17) is 4.99 Å². The predicted octanol–water partition coefficient (Wildman–Crippen LogP) is 4.28. The molecule has 2 aliphatic rings. The van der Waals surface area contributed by atoms with E-state index in [-0.39, 0.29) is 18.6 Å². The van der Waals surface area contributed by atoms with Crippen LogP contribution in [0.15, 0.2) is 46.8 Å². The Hall–Kier alpha value is -1.58. The van der Waals surface area contributed by atoms with Gasteiger partial charge < -0.3 is 5.11 Å². The second-order valence-electron chi connectivity index (χ2n) is 6.91. The van der Waals surface area contributed by atoms with E-state index in [1.807, 2.05) is 0 Å². The lowest BCUT2D eigenvalue weighted by Gasteiger charge is -2.22. The van der Waals surface area contributed by atoms with E-state index in [0.717, 1.165) is 11.3 Å². The molecule has 2 aromatic carbocycles. The average molecular weight is 323 g/mol. The molecule has 1 aliphatic heterocycles. The van der Waals surface area contributed by atoms with Gasteiger partial charge in [0, 0.05) is 28.9 Å². The molecule has 3 heteroatoms. The average Bonchev–Trinajstić information content (AvgIpc) is 3.25. The van der Waals surface area contributed by atoms with Gasteiger partial charge in [0.25, 0.3) is 0 Å². The molecule has 1 fully saturated rings. The molecule has 3 unspecified atom stereocenters. The van der Waals surface area contributed by atoms with Crippen molar-refractivity contribution in [2.45, 2.75) is 31.7 Å². The predicted molar refractivity (Wildman–Crippen MR) is 99.8 cm³/mol. The molecule has 0 bridgehead atoms. The van der Waals surface area contributed by atoms with E-state index >= 15 is 0 Å². The highest BCUT2D eigenvalue weighted by molar-refractivity contribution is 7.85. The van der Waals surface area contributed by atoms with Crippen LogP contribution in [-0.4, -0.2) is 23.5 Å². The SMILES string of the molecule is C=C(S)C1=NC2C(CO)C2c2c1cc(C(C)C)c1ccccc21. The van der Waals surface area contributed by atoms with Crippen molar-refractivity contribution >= 4 is 29.1 Å². The summed E-state index contributed by atoms with van der Waals surface area (Å²) in [6.45, 7) is 8.64. The van der Waals surface area contributed by atoms with Crippen LogP contribution in [0.25, 0.3) is 10.8 Å². The summed E-state index contributed by atoms with van der Waals surface area (Å²) in [5.41, 5.74) is 4.72. The highest BCUT2D eigenvalue weighted by atomic mass is 32.1. The monoisotopic (exact) mass is 323 g/mol. The van der Waals surface area contributed by atoms with Gasteiger partial charge in [0.2, 0.25) is 0 Å². The van der Waals surface area contributed by atoms with Gasteiger partial charge in [-0.3, -0.25) is 4.99 Å². The molecule has 1 heterocycles. The highest BCUT2D eigenvalue weighted by Gasteiger charge is 2.54. The molecular formula is C20H21NOS. The number of benzene rings is 2. The van der Waals surface area contributed by atoms with Crippen LogP contribution in [0.1, 0.15) is 42.4 Å². The summed E-state index contributed by atoms with van der Waals surface area (Å²) in [6, 6.07) is 11.1. The summed E-state index contributed by atoms with van der Waals surface area (Å²) in [7, 11) is 0. The van der Waals surface area contributed by atoms with Crippen molar-refractivity contribution in [3.63, 3.8) is 0 Å². The lowest BCUT2D eigenvalue weighted by Crippen LogP contribution is -2.13. The molecule has 4 rings (SSSR count). The Kier molecular flexibility index (Phi) is 3.40. The number of fused-ring (bicyclic) bond motifs is 5. The van der Waals surface area contributed by atoms with Gasteiger partial charge in [-0.1, -0.05) is 44.7 Å². The van der Waals surface area contributed by atoms with E-state index in [1.54, 1.807) is 0 Å². The number of rotatable bonds is 3. The minimum atomic E-state index is 0.180. The van der Waals surface area contributed by atoms with Gasteiger partial charge >= 0.3 is 0 Å². The van der Waals surface area contributed by atoms with Crippen molar-refractivity contribution in [2.24, 2.45) is 10.9 Å². The van der Waals surface area contributed by atoms with Crippen LogP contribution < -0.4 is 0 Å². The first-order valence-corrected chi connectivity index (χ1v) is 8.62. The summed E-state index contributed by atoms with van der Waals surface area (Å²) in [6.07, 6.45) is 0. The Bertz CT molecular complexity index is 852. The molecule has 1 N–H and O–H groups in total. The van der Waals surface area contributed by atoms with Gasteiger partial charge in [-0.2, -0.15) is 0 Å². The van der Waals surface area contributed by atoms with Gasteiger partial charge in [-0.15, -0.1) is 12.6 Å². The van der Waals surface area contributed by atoms with Crippen molar-refractivity contribution in [3.05, 3.63) is 58.5 Å². The van der Waals surface area contributed by atoms with Crippen LogP contribution in [0.2, 0.25) is 0 Å². The second-order valence-corrected chi connectivity index (χ2v) is 7.45. The summed E-state index contributed by atoms with van der Waals surface area (Å²) in [4.78, 5) is 5.54. The number of hydrogen-bond acceptors (Lipinski definition) is 3. The zero-order valence-electron chi connectivity index (χ0n) is 13.5. The molecule has 1 aliphatic carbocycles. The number of nitrogens with zero attached hydrogens (tertiary/aromatic N) is 1. The first kappa shape index (κ1) is 15.0. The standard InChI is InChI=1S/C20H21NOS/c1-10(2)14-8-15-17(13-7-5-4-6-12(13)14)18-16(9-22)20(18)21-19(15)11(3)23/h4-8,10,16,18,20,22-23H,3,9H2,1-2H3. The van der Waals surface area contributed by atoms with Crippen molar-refractivity contribution in [1.82, 2.24) is 0 Å². The Labute approximate surface area is 142 Å². The molecule has 2 aromatic rings. The number of thiol groups is 1. The molecule has 2 nitrogen and oxygen atoms in total. The maximum absolute atomic E-state index is 9.69. The third kappa shape index (κ3) is 2.10. The number of allylic oxidation sites excluding steroid dienone is 1. The third-order valence-electron chi connectivity index (χ3n) is 5.22. The van der Waals surface area contributed by atoms with Crippen LogP contribution in [0.3, 0.4) is 0 Å². The lowest BCUT2D eigenvalue weighted by molar-refractivity contribution is 0.272. The number of hydrogen-bond donors (Lipinski definition) is 2. The Morgan fingerprint density at radius 1 is 1.30 bits per heavy atom. The maximum Gasteiger partial charge on any atom is 0.0780 e. The molecule has 118 valence electrons. The number of aliphatic hydroxyl groups excluding tert-OH is 1. The maximum atomic E-state index is 9.69. The van der Waals surface area contributed by atoms with Crippen LogP contribution >= 0.6 is 12.6 Å². The van der Waals surface area contributed by atoms with Gasteiger partial charge in [0.05, 0.1) is 11.8 Å². The molecule has 0 radical (unpaired) electrons. The fraction of sp³-hybridized carbons (Fsp3) is 0.350. The third-order valence-corrected chi connectivity index (χ3v) is 5.43. The number of aliphatic hydroxyl groups is 1. The smallest absolute Gasteiger partial charge is 0.0780 e. The van der Waals surface area contributed by atoms with E-state index in [2.05, 4.69) is 63.4 Å². The minimum absolute atomic E-state index is 0.180. The van der Waals surface area contributed by atoms with Crippen molar-refractivity contribution in [1.29, 1.82) is 0 Å². The fourth-order valence-electron chi connectivity index (χ4n) is 4.05. The molecule has 23 heavy (non-hydrogen) atoms. The van der Waals surface area contributed by atoms with Gasteiger partial charge in [0.1, 0.15) is 0 Å². The first-order chi connectivity index (χ1) is 11.0. The van der Waals surface area contributed by atoms with E-state index < -0.39 is 0 Å². The zero-order chi connectivity index (χ0) is 16.3. The number of aliphatic imine (C=N–C) groups is 1. The van der Waals surface area contributed by atoms with Crippen LogP contribution in [0.4, 0.5) is 0 Å². The zero-order valence-corrected chi connectivity index (χ0v) is 14.3. The Balaban J connectivity index is 2.07. The molecule has 0 aromatic heterocycles. The molecule has 1 saturated carbocycles. The molecule has 3 atom stereocenters. The first-order valence-electron chi connectivity index (χ1n) is 8.17. The molecule has 0 amide bonds. The Morgan fingerprint density at radius 2 is 2.00 bits per heavy atom. The summed E-state index contributed by atoms with van der Waals surface area (Å²) < 4.78 is 0. The fourth-order valence-corrected chi connectivity index (χ4v) is 4.22. The summed E-state index contributed by atoms with van der Waals surface area (Å²) in [5, 5.41) is 12.3. The normalized spacial score (nSPS) is 25.1. The quantitative estimate of drug-likeness (QED) is 0.812. The van der Waals surface area contributed by atoms with E-state index in [0.29, 0.717) is 16.7 Å². The molecular weight excluding hydrogens is 302 g/mol. The second kappa shape index (κ2) is 5.22.